The summed E-state index contributed by atoms with van der Waals surface area (Å²) in [5, 5.41) is 18.6. The largest absolute Gasteiger partial charge is 0.394 e. The minimum absolute atomic E-state index is 0.214. The van der Waals surface area contributed by atoms with Crippen LogP contribution in [0.5, 0.6) is 0 Å². The van der Waals surface area contributed by atoms with E-state index in [1.807, 2.05) is 43.3 Å². The molecule has 0 saturated carbocycles. The van der Waals surface area contributed by atoms with Crippen LogP contribution < -0.4 is 5.73 Å². The van der Waals surface area contributed by atoms with Gasteiger partial charge < -0.3 is 15.9 Å². The average Bonchev–Trinajstić information content (AvgIpc) is 2.78. The zero-order valence-corrected chi connectivity index (χ0v) is 16.9. The Morgan fingerprint density at radius 3 is 2.10 bits per heavy atom. The maximum Gasteiger partial charge on any atom is 0.193 e. The van der Waals surface area contributed by atoms with Gasteiger partial charge in [0.05, 0.1) is 18.8 Å². The van der Waals surface area contributed by atoms with E-state index >= 15 is 0 Å². The molecule has 0 aliphatic carbocycles. The Labute approximate surface area is 175 Å². The fraction of sp³-hybridized carbons (Fsp3) is 0.240. The van der Waals surface area contributed by atoms with Gasteiger partial charge in [0.2, 0.25) is 0 Å². The molecule has 3 aromatic rings. The van der Waals surface area contributed by atoms with Gasteiger partial charge >= 0.3 is 0 Å². The Morgan fingerprint density at radius 2 is 1.53 bits per heavy atom. The van der Waals surface area contributed by atoms with Crippen LogP contribution in [0.3, 0.4) is 0 Å². The lowest BCUT2D eigenvalue weighted by molar-refractivity contribution is 0.103. The van der Waals surface area contributed by atoms with Gasteiger partial charge in [-0.05, 0) is 37.0 Å². The van der Waals surface area contributed by atoms with Crippen LogP contribution in [0, 0.1) is 12.7 Å². The maximum absolute atomic E-state index is 14.7. The van der Waals surface area contributed by atoms with Gasteiger partial charge in [-0.1, -0.05) is 66.2 Å². The quantitative estimate of drug-likeness (QED) is 0.498. The number of aliphatic hydroxyl groups is 2. The predicted octanol–water partition coefficient (Wildman–Crippen LogP) is 3.65. The van der Waals surface area contributed by atoms with E-state index in [0.29, 0.717) is 35.1 Å². The van der Waals surface area contributed by atoms with E-state index in [0.717, 1.165) is 11.1 Å². The van der Waals surface area contributed by atoms with Gasteiger partial charge in [-0.15, -0.1) is 0 Å². The molecule has 5 heteroatoms. The molecule has 0 aliphatic rings. The second-order valence-corrected chi connectivity index (χ2v) is 7.77. The van der Waals surface area contributed by atoms with Gasteiger partial charge in [-0.3, -0.25) is 4.79 Å². The first-order valence-corrected chi connectivity index (χ1v) is 9.86. The molecule has 0 spiro atoms. The molecule has 3 aromatic carbocycles. The fourth-order valence-electron chi connectivity index (χ4n) is 3.21. The van der Waals surface area contributed by atoms with Crippen LogP contribution in [0.25, 0.3) is 11.1 Å². The standard InChI is InChI=1S/C25H26FNO3/c1-17-2-6-20(7-3-17)24(30)21-10-11-22(23(26)14-21)19-8-4-18(5-9-19)12-13-25(27,15-28)16-29/h2-11,14,28-29H,12-13,15-16,27H2,1H3. The van der Waals surface area contributed by atoms with E-state index in [2.05, 4.69) is 0 Å². The van der Waals surface area contributed by atoms with Crippen LogP contribution in [0.15, 0.2) is 66.7 Å². The first-order valence-electron chi connectivity index (χ1n) is 9.86. The summed E-state index contributed by atoms with van der Waals surface area (Å²) in [5.74, 6) is -0.670. The molecule has 0 aliphatic heterocycles. The summed E-state index contributed by atoms with van der Waals surface area (Å²) in [6.45, 7) is 1.36. The number of ketones is 1. The van der Waals surface area contributed by atoms with E-state index in [4.69, 9.17) is 5.73 Å². The highest BCUT2D eigenvalue weighted by molar-refractivity contribution is 6.09. The Balaban J connectivity index is 1.75. The van der Waals surface area contributed by atoms with Crippen molar-refractivity contribution in [1.29, 1.82) is 0 Å². The number of carbonyl (C=O) groups excluding carboxylic acids is 1. The predicted molar refractivity (Wildman–Crippen MR) is 116 cm³/mol. The van der Waals surface area contributed by atoms with Crippen molar-refractivity contribution in [1.82, 2.24) is 0 Å². The second kappa shape index (κ2) is 9.30. The van der Waals surface area contributed by atoms with Gasteiger partial charge in [0.1, 0.15) is 5.82 Å². The fourth-order valence-corrected chi connectivity index (χ4v) is 3.21. The summed E-state index contributed by atoms with van der Waals surface area (Å²) < 4.78 is 14.7. The van der Waals surface area contributed by atoms with Crippen LogP contribution in [-0.2, 0) is 6.42 Å². The Kier molecular flexibility index (Phi) is 6.77. The van der Waals surface area contributed by atoms with Crippen LogP contribution in [0.1, 0.15) is 33.5 Å². The Hall–Kier alpha value is -2.86. The number of hydrogen-bond acceptors (Lipinski definition) is 4. The van der Waals surface area contributed by atoms with Crippen molar-refractivity contribution in [2.24, 2.45) is 5.73 Å². The van der Waals surface area contributed by atoms with Crippen LogP contribution in [-0.4, -0.2) is 34.7 Å². The van der Waals surface area contributed by atoms with Crippen molar-refractivity contribution in [2.75, 3.05) is 13.2 Å². The number of halogens is 1. The number of aryl methyl sites for hydroxylation is 2. The number of rotatable bonds is 8. The highest BCUT2D eigenvalue weighted by Gasteiger charge is 2.22. The van der Waals surface area contributed by atoms with E-state index in [1.54, 1.807) is 24.3 Å². The minimum Gasteiger partial charge on any atom is -0.394 e. The number of nitrogens with two attached hydrogens (primary N) is 1. The molecule has 0 atom stereocenters. The van der Waals surface area contributed by atoms with E-state index in [-0.39, 0.29) is 19.0 Å². The molecule has 156 valence electrons. The summed E-state index contributed by atoms with van der Waals surface area (Å²) in [6.07, 6.45) is 1.02. The molecule has 4 N–H and O–H groups in total. The SMILES string of the molecule is Cc1ccc(C(=O)c2ccc(-c3ccc(CCC(N)(CO)CO)cc3)c(F)c2)cc1. The van der Waals surface area contributed by atoms with Crippen molar-refractivity contribution in [3.8, 4) is 11.1 Å². The van der Waals surface area contributed by atoms with Gasteiger partial charge in [0.15, 0.2) is 5.78 Å². The summed E-state index contributed by atoms with van der Waals surface area (Å²) in [5.41, 5.74) is 8.87. The topological polar surface area (TPSA) is 83.6 Å². The third kappa shape index (κ3) is 5.00. The lowest BCUT2D eigenvalue weighted by Crippen LogP contribution is -2.47. The normalized spacial score (nSPS) is 11.5. The zero-order chi connectivity index (χ0) is 21.7. The molecule has 30 heavy (non-hydrogen) atoms. The van der Waals surface area contributed by atoms with E-state index < -0.39 is 11.4 Å². The first-order chi connectivity index (χ1) is 14.3. The second-order valence-electron chi connectivity index (χ2n) is 7.77. The third-order valence-corrected chi connectivity index (χ3v) is 5.35. The van der Waals surface area contributed by atoms with E-state index in [9.17, 15) is 19.4 Å². The number of benzene rings is 3. The van der Waals surface area contributed by atoms with Gasteiger partial charge in [-0.25, -0.2) is 4.39 Å². The lowest BCUT2D eigenvalue weighted by Gasteiger charge is -2.24. The van der Waals surface area contributed by atoms with E-state index in [1.165, 1.54) is 6.07 Å². The van der Waals surface area contributed by atoms with Gasteiger partial charge in [-0.2, -0.15) is 0 Å². The molecule has 0 fully saturated rings. The highest BCUT2D eigenvalue weighted by atomic mass is 19.1. The molecule has 0 radical (unpaired) electrons. The number of carbonyl (C=O) groups is 1. The molecular weight excluding hydrogens is 381 g/mol. The van der Waals surface area contributed by atoms with Crippen molar-refractivity contribution >= 4 is 5.78 Å². The van der Waals surface area contributed by atoms with Crippen LogP contribution in [0.4, 0.5) is 4.39 Å². The van der Waals surface area contributed by atoms with Gasteiger partial charge in [0, 0.05) is 16.7 Å². The molecule has 0 bridgehead atoms. The molecule has 0 aromatic heterocycles. The molecule has 4 nitrogen and oxygen atoms in total. The van der Waals surface area contributed by atoms with Crippen molar-refractivity contribution in [2.45, 2.75) is 25.3 Å². The van der Waals surface area contributed by atoms with Gasteiger partial charge in [0.25, 0.3) is 0 Å². The van der Waals surface area contributed by atoms with Crippen LogP contribution in [0.2, 0.25) is 0 Å². The third-order valence-electron chi connectivity index (χ3n) is 5.35. The Bertz CT molecular complexity index is 1010. The average molecular weight is 407 g/mol. The maximum atomic E-state index is 14.7. The molecular formula is C25H26FNO3. The number of aliphatic hydroxyl groups excluding tert-OH is 2. The number of hydrogen-bond donors (Lipinski definition) is 3. The smallest absolute Gasteiger partial charge is 0.193 e. The molecule has 3 rings (SSSR count). The summed E-state index contributed by atoms with van der Waals surface area (Å²) in [6, 6.07) is 19.1. The summed E-state index contributed by atoms with van der Waals surface area (Å²) in [7, 11) is 0. The molecule has 0 heterocycles. The van der Waals surface area contributed by atoms with Crippen molar-refractivity contribution in [3.63, 3.8) is 0 Å². The van der Waals surface area contributed by atoms with Crippen LogP contribution >= 0.6 is 0 Å². The molecule has 0 unspecified atom stereocenters. The lowest BCUT2D eigenvalue weighted by atomic mass is 9.93. The highest BCUT2D eigenvalue weighted by Crippen LogP contribution is 2.26. The van der Waals surface area contributed by atoms with Crippen molar-refractivity contribution < 1.29 is 19.4 Å². The monoisotopic (exact) mass is 407 g/mol. The first kappa shape index (κ1) is 21.8. The summed E-state index contributed by atoms with van der Waals surface area (Å²) >= 11 is 0. The molecule has 0 saturated heterocycles. The minimum atomic E-state index is -1.01. The molecule has 0 amide bonds. The Morgan fingerprint density at radius 1 is 0.933 bits per heavy atom. The van der Waals surface area contributed by atoms with Crippen molar-refractivity contribution in [3.05, 3.63) is 94.8 Å². The summed E-state index contributed by atoms with van der Waals surface area (Å²) in [4.78, 5) is 12.6. The zero-order valence-electron chi connectivity index (χ0n) is 16.9.